The minimum atomic E-state index is -0.106. The van der Waals surface area contributed by atoms with Crippen LogP contribution in [0.5, 0.6) is 0 Å². The predicted octanol–water partition coefficient (Wildman–Crippen LogP) is 4.47. The van der Waals surface area contributed by atoms with Crippen LogP contribution < -0.4 is 5.32 Å². The molecule has 3 rings (SSSR count). The Morgan fingerprint density at radius 1 is 1.29 bits per heavy atom. The molecule has 108 valence electrons. The number of carbonyl (C=O) groups is 1. The minimum Gasteiger partial charge on any atom is -0.302 e. The molecule has 8 heteroatoms. The Morgan fingerprint density at radius 2 is 2.14 bits per heavy atom. The summed E-state index contributed by atoms with van der Waals surface area (Å²) in [6.07, 6.45) is 0.244. The second-order valence-electron chi connectivity index (χ2n) is 4.27. The highest BCUT2D eigenvalue weighted by molar-refractivity contribution is 7.23. The molecule has 0 spiro atoms. The van der Waals surface area contributed by atoms with Crippen molar-refractivity contribution in [1.82, 2.24) is 9.97 Å². The maximum Gasteiger partial charge on any atom is 0.232 e. The first-order valence-corrected chi connectivity index (χ1v) is 8.97. The molecule has 0 aliphatic rings. The molecular formula is C13H10ClN3OS3. The Kier molecular flexibility index (Phi) is 4.34. The first-order valence-electron chi connectivity index (χ1n) is 6.02. The number of rotatable bonds is 4. The summed E-state index contributed by atoms with van der Waals surface area (Å²) >= 11 is 10.3. The standard InChI is InChI=1S/C13H10ClN3OS3/c1-7-5-20-13(15-7)17-11(18)4-8-6-19-12(16-8)9-2-3-10(14)21-9/h2-3,5-6H,4H2,1H3,(H,15,17,18). The van der Waals surface area contributed by atoms with Gasteiger partial charge in [0.15, 0.2) is 5.13 Å². The number of thiophene rings is 1. The van der Waals surface area contributed by atoms with Gasteiger partial charge < -0.3 is 5.32 Å². The van der Waals surface area contributed by atoms with Crippen molar-refractivity contribution in [2.45, 2.75) is 13.3 Å². The lowest BCUT2D eigenvalue weighted by atomic mass is 10.3. The predicted molar refractivity (Wildman–Crippen MR) is 89.6 cm³/mol. The average Bonchev–Trinajstić information content (AvgIpc) is 3.12. The molecule has 0 aliphatic carbocycles. The molecule has 0 unspecified atom stereocenters. The van der Waals surface area contributed by atoms with Gasteiger partial charge in [-0.15, -0.1) is 34.0 Å². The Hall–Kier alpha value is -1.28. The SMILES string of the molecule is Cc1csc(NC(=O)Cc2csc(-c3ccc(Cl)s3)n2)n1. The van der Waals surface area contributed by atoms with Crippen LogP contribution in [0.2, 0.25) is 4.34 Å². The quantitative estimate of drug-likeness (QED) is 0.751. The third kappa shape index (κ3) is 3.68. The van der Waals surface area contributed by atoms with Crippen LogP contribution in [0, 0.1) is 6.92 Å². The van der Waals surface area contributed by atoms with E-state index in [1.54, 1.807) is 0 Å². The molecular weight excluding hydrogens is 346 g/mol. The highest BCUT2D eigenvalue weighted by atomic mass is 35.5. The number of nitrogens with one attached hydrogen (secondary N) is 1. The van der Waals surface area contributed by atoms with Crippen molar-refractivity contribution >= 4 is 56.7 Å². The van der Waals surface area contributed by atoms with Gasteiger partial charge in [0.1, 0.15) is 5.01 Å². The highest BCUT2D eigenvalue weighted by Crippen LogP contribution is 2.33. The average molecular weight is 356 g/mol. The van der Waals surface area contributed by atoms with E-state index < -0.39 is 0 Å². The maximum absolute atomic E-state index is 11.9. The highest BCUT2D eigenvalue weighted by Gasteiger charge is 2.11. The molecule has 3 aromatic heterocycles. The van der Waals surface area contributed by atoms with Crippen molar-refractivity contribution in [3.05, 3.63) is 38.6 Å². The summed E-state index contributed by atoms with van der Waals surface area (Å²) in [7, 11) is 0. The fraction of sp³-hybridized carbons (Fsp3) is 0.154. The Morgan fingerprint density at radius 3 is 2.81 bits per heavy atom. The number of anilines is 1. The maximum atomic E-state index is 11.9. The van der Waals surface area contributed by atoms with Crippen molar-refractivity contribution in [2.75, 3.05) is 5.32 Å². The number of hydrogen-bond donors (Lipinski definition) is 1. The van der Waals surface area contributed by atoms with Gasteiger partial charge in [-0.05, 0) is 19.1 Å². The summed E-state index contributed by atoms with van der Waals surface area (Å²) in [5, 5.41) is 8.09. The van der Waals surface area contributed by atoms with Crippen LogP contribution >= 0.6 is 45.6 Å². The Labute approximate surface area is 138 Å². The zero-order valence-electron chi connectivity index (χ0n) is 10.9. The van der Waals surface area contributed by atoms with Gasteiger partial charge in [0.2, 0.25) is 5.91 Å². The van der Waals surface area contributed by atoms with Crippen LogP contribution in [0.1, 0.15) is 11.4 Å². The zero-order valence-corrected chi connectivity index (χ0v) is 14.1. The summed E-state index contributed by atoms with van der Waals surface area (Å²) in [5.74, 6) is -0.106. The van der Waals surface area contributed by atoms with E-state index in [1.165, 1.54) is 34.0 Å². The minimum absolute atomic E-state index is 0.106. The van der Waals surface area contributed by atoms with Gasteiger partial charge >= 0.3 is 0 Å². The Bertz CT molecular complexity index is 777. The largest absolute Gasteiger partial charge is 0.302 e. The lowest BCUT2D eigenvalue weighted by Crippen LogP contribution is -2.14. The molecule has 0 saturated carbocycles. The van der Waals surface area contributed by atoms with E-state index in [1.807, 2.05) is 29.8 Å². The van der Waals surface area contributed by atoms with E-state index in [0.29, 0.717) is 5.13 Å². The number of amides is 1. The van der Waals surface area contributed by atoms with E-state index in [2.05, 4.69) is 15.3 Å². The van der Waals surface area contributed by atoms with E-state index in [0.717, 1.165) is 25.6 Å². The summed E-state index contributed by atoms with van der Waals surface area (Å²) < 4.78 is 0.735. The van der Waals surface area contributed by atoms with Crippen molar-refractivity contribution in [2.24, 2.45) is 0 Å². The summed E-state index contributed by atoms with van der Waals surface area (Å²) in [6, 6.07) is 3.79. The molecule has 0 aliphatic heterocycles. The molecule has 4 nitrogen and oxygen atoms in total. The molecule has 0 aromatic carbocycles. The van der Waals surface area contributed by atoms with Crippen LogP contribution in [-0.2, 0) is 11.2 Å². The van der Waals surface area contributed by atoms with E-state index in [9.17, 15) is 4.79 Å². The molecule has 0 bridgehead atoms. The van der Waals surface area contributed by atoms with Gasteiger partial charge in [0, 0.05) is 10.8 Å². The number of nitrogens with zero attached hydrogens (tertiary/aromatic N) is 2. The topological polar surface area (TPSA) is 54.9 Å². The van der Waals surface area contributed by atoms with Crippen molar-refractivity contribution in [3.63, 3.8) is 0 Å². The number of thiazole rings is 2. The number of carbonyl (C=O) groups excluding carboxylic acids is 1. The number of aryl methyl sites for hydroxylation is 1. The first kappa shape index (κ1) is 14.6. The van der Waals surface area contributed by atoms with Gasteiger partial charge in [-0.2, -0.15) is 0 Å². The molecule has 1 N–H and O–H groups in total. The van der Waals surface area contributed by atoms with E-state index >= 15 is 0 Å². The summed E-state index contributed by atoms with van der Waals surface area (Å²) in [4.78, 5) is 21.6. The van der Waals surface area contributed by atoms with Crippen molar-refractivity contribution in [1.29, 1.82) is 0 Å². The molecule has 1 amide bonds. The monoisotopic (exact) mass is 355 g/mol. The van der Waals surface area contributed by atoms with Crippen molar-refractivity contribution < 1.29 is 4.79 Å². The zero-order chi connectivity index (χ0) is 14.8. The van der Waals surface area contributed by atoms with Gasteiger partial charge in [0.05, 0.1) is 27.0 Å². The van der Waals surface area contributed by atoms with E-state index in [-0.39, 0.29) is 12.3 Å². The molecule has 0 saturated heterocycles. The molecule has 0 atom stereocenters. The number of hydrogen-bond acceptors (Lipinski definition) is 6. The number of aromatic nitrogens is 2. The van der Waals surface area contributed by atoms with Crippen LogP contribution in [0.25, 0.3) is 9.88 Å². The van der Waals surface area contributed by atoms with E-state index in [4.69, 9.17) is 11.6 Å². The molecule has 21 heavy (non-hydrogen) atoms. The fourth-order valence-corrected chi connectivity index (χ4v) is 4.31. The van der Waals surface area contributed by atoms with Gasteiger partial charge in [-0.25, -0.2) is 9.97 Å². The number of halogens is 1. The second-order valence-corrected chi connectivity index (χ2v) is 7.70. The molecule has 0 radical (unpaired) electrons. The van der Waals surface area contributed by atoms with Crippen LogP contribution in [0.3, 0.4) is 0 Å². The lowest BCUT2D eigenvalue weighted by Gasteiger charge is -1.98. The van der Waals surface area contributed by atoms with Gasteiger partial charge in [0.25, 0.3) is 0 Å². The van der Waals surface area contributed by atoms with Crippen LogP contribution in [-0.4, -0.2) is 15.9 Å². The van der Waals surface area contributed by atoms with Gasteiger partial charge in [-0.3, -0.25) is 4.79 Å². The summed E-state index contributed by atoms with van der Waals surface area (Å²) in [6.45, 7) is 1.89. The fourth-order valence-electron chi connectivity index (χ4n) is 1.67. The van der Waals surface area contributed by atoms with Crippen LogP contribution in [0.4, 0.5) is 5.13 Å². The third-order valence-electron chi connectivity index (χ3n) is 2.54. The molecule has 3 heterocycles. The lowest BCUT2D eigenvalue weighted by molar-refractivity contribution is -0.115. The second kappa shape index (κ2) is 6.23. The van der Waals surface area contributed by atoms with Crippen LogP contribution in [0.15, 0.2) is 22.9 Å². The van der Waals surface area contributed by atoms with Gasteiger partial charge in [-0.1, -0.05) is 11.6 Å². The van der Waals surface area contributed by atoms with Crippen molar-refractivity contribution in [3.8, 4) is 9.88 Å². The molecule has 0 fully saturated rings. The smallest absolute Gasteiger partial charge is 0.232 e. The first-order chi connectivity index (χ1) is 10.1. The third-order valence-corrected chi connectivity index (χ3v) is 5.71. The Balaban J connectivity index is 1.65. The summed E-state index contributed by atoms with van der Waals surface area (Å²) in [5.41, 5.74) is 1.66. The molecule has 3 aromatic rings. The normalized spacial score (nSPS) is 10.8.